The Kier molecular flexibility index (Phi) is 5.10. The second-order valence-electron chi connectivity index (χ2n) is 6.47. The fourth-order valence-electron chi connectivity index (χ4n) is 3.12. The van der Waals surface area contributed by atoms with Crippen LogP contribution in [-0.2, 0) is 14.3 Å². The molecule has 9 heteroatoms. The van der Waals surface area contributed by atoms with Crippen LogP contribution in [0.3, 0.4) is 0 Å². The van der Waals surface area contributed by atoms with Crippen molar-refractivity contribution in [1.29, 1.82) is 0 Å². The van der Waals surface area contributed by atoms with Crippen LogP contribution in [0, 0.1) is 6.92 Å². The van der Waals surface area contributed by atoms with Crippen LogP contribution < -0.4 is 0 Å². The van der Waals surface area contributed by atoms with Crippen LogP contribution in [0.25, 0.3) is 21.7 Å². The van der Waals surface area contributed by atoms with Gasteiger partial charge in [0.05, 0.1) is 40.4 Å². The Morgan fingerprint density at radius 3 is 2.82 bits per heavy atom. The molecule has 1 amide bonds. The number of amides is 1. The second kappa shape index (κ2) is 7.69. The van der Waals surface area contributed by atoms with Crippen LogP contribution in [-0.4, -0.2) is 59.3 Å². The number of morpholine rings is 1. The monoisotopic (exact) mass is 401 g/mol. The quantitative estimate of drug-likeness (QED) is 0.620. The molecular weight excluding hydrogens is 382 g/mol. The fourth-order valence-corrected chi connectivity index (χ4v) is 3.81. The van der Waals surface area contributed by atoms with Crippen molar-refractivity contribution in [3.63, 3.8) is 0 Å². The molecule has 28 heavy (non-hydrogen) atoms. The molecule has 4 heterocycles. The minimum Gasteiger partial charge on any atom is -0.449 e. The summed E-state index contributed by atoms with van der Waals surface area (Å²) >= 11 is 1.50. The molecule has 3 aromatic heterocycles. The van der Waals surface area contributed by atoms with E-state index < -0.39 is 12.1 Å². The first-order valence-corrected chi connectivity index (χ1v) is 9.81. The molecule has 0 aromatic carbocycles. The molecule has 0 aliphatic carbocycles. The van der Waals surface area contributed by atoms with Crippen molar-refractivity contribution in [1.82, 2.24) is 15.0 Å². The fraction of sp³-hybridized carbons (Fsp3) is 0.368. The van der Waals surface area contributed by atoms with E-state index in [4.69, 9.17) is 14.0 Å². The highest BCUT2D eigenvalue weighted by Gasteiger charge is 2.28. The highest BCUT2D eigenvalue weighted by atomic mass is 32.1. The van der Waals surface area contributed by atoms with Gasteiger partial charge in [-0.2, -0.15) is 0 Å². The number of rotatable bonds is 4. The Hall–Kier alpha value is -2.78. The smallest absolute Gasteiger partial charge is 0.339 e. The molecule has 0 unspecified atom stereocenters. The zero-order valence-electron chi connectivity index (χ0n) is 15.5. The minimum absolute atomic E-state index is 0.234. The Morgan fingerprint density at radius 1 is 1.32 bits per heavy atom. The van der Waals surface area contributed by atoms with Crippen molar-refractivity contribution in [2.75, 3.05) is 26.3 Å². The largest absolute Gasteiger partial charge is 0.449 e. The standard InChI is InChI=1S/C19H19N3O5S/c1-11-16-13(10-14(15-4-3-9-28-15)20-17(16)27-21-11)19(24)26-12(2)18(23)22-5-7-25-8-6-22/h3-4,9-10,12H,5-8H2,1-2H3/t12-/m0/s1. The summed E-state index contributed by atoms with van der Waals surface area (Å²) in [6.07, 6.45) is -0.904. The van der Waals surface area contributed by atoms with Crippen LogP contribution in [0.1, 0.15) is 23.0 Å². The predicted octanol–water partition coefficient (Wildman–Crippen LogP) is 2.66. The maximum atomic E-state index is 12.9. The lowest BCUT2D eigenvalue weighted by molar-refractivity contribution is -0.143. The number of hydrogen-bond acceptors (Lipinski definition) is 8. The number of nitrogens with zero attached hydrogens (tertiary/aromatic N) is 3. The zero-order valence-corrected chi connectivity index (χ0v) is 16.3. The van der Waals surface area contributed by atoms with Gasteiger partial charge in [0.15, 0.2) is 6.10 Å². The first-order chi connectivity index (χ1) is 13.5. The van der Waals surface area contributed by atoms with Gasteiger partial charge >= 0.3 is 5.97 Å². The molecule has 1 fully saturated rings. The van der Waals surface area contributed by atoms with E-state index in [1.165, 1.54) is 11.3 Å². The summed E-state index contributed by atoms with van der Waals surface area (Å²) < 4.78 is 16.0. The van der Waals surface area contributed by atoms with Gasteiger partial charge in [0.1, 0.15) is 0 Å². The molecule has 146 valence electrons. The van der Waals surface area contributed by atoms with E-state index in [1.54, 1.807) is 24.8 Å². The van der Waals surface area contributed by atoms with Gasteiger partial charge in [0, 0.05) is 13.1 Å². The molecular formula is C19H19N3O5S. The van der Waals surface area contributed by atoms with E-state index >= 15 is 0 Å². The third kappa shape index (κ3) is 3.50. The maximum absolute atomic E-state index is 12.9. The first kappa shape index (κ1) is 18.6. The number of thiophene rings is 1. The molecule has 0 saturated carbocycles. The highest BCUT2D eigenvalue weighted by molar-refractivity contribution is 7.13. The van der Waals surface area contributed by atoms with E-state index in [0.717, 1.165) is 4.88 Å². The Morgan fingerprint density at radius 2 is 2.11 bits per heavy atom. The third-order valence-electron chi connectivity index (χ3n) is 4.56. The Labute approximate surface area is 165 Å². The number of carbonyl (C=O) groups is 2. The molecule has 1 aliphatic heterocycles. The van der Waals surface area contributed by atoms with E-state index in [2.05, 4.69) is 10.1 Å². The van der Waals surface area contributed by atoms with Crippen LogP contribution in [0.5, 0.6) is 0 Å². The van der Waals surface area contributed by atoms with Crippen LogP contribution in [0.2, 0.25) is 0 Å². The highest BCUT2D eigenvalue weighted by Crippen LogP contribution is 2.30. The Balaban J connectivity index is 1.62. The number of aromatic nitrogens is 2. The summed E-state index contributed by atoms with van der Waals surface area (Å²) in [4.78, 5) is 32.5. The van der Waals surface area contributed by atoms with Gasteiger partial charge in [-0.05, 0) is 31.4 Å². The molecule has 8 nitrogen and oxygen atoms in total. The molecule has 1 saturated heterocycles. The van der Waals surface area contributed by atoms with Crippen molar-refractivity contribution in [3.05, 3.63) is 34.8 Å². The summed E-state index contributed by atoms with van der Waals surface area (Å²) in [6.45, 7) is 5.27. The summed E-state index contributed by atoms with van der Waals surface area (Å²) in [7, 11) is 0. The average molecular weight is 401 g/mol. The summed E-state index contributed by atoms with van der Waals surface area (Å²) in [5, 5.41) is 6.34. The number of carbonyl (C=O) groups excluding carboxylic acids is 2. The first-order valence-electron chi connectivity index (χ1n) is 8.93. The SMILES string of the molecule is Cc1noc2nc(-c3cccs3)cc(C(=O)O[C@@H](C)C(=O)N3CCOCC3)c12. The number of esters is 1. The lowest BCUT2D eigenvalue weighted by Gasteiger charge is -2.29. The van der Waals surface area contributed by atoms with Crippen molar-refractivity contribution >= 4 is 34.3 Å². The topological polar surface area (TPSA) is 94.8 Å². The zero-order chi connectivity index (χ0) is 19.7. The van der Waals surface area contributed by atoms with Crippen LogP contribution in [0.4, 0.5) is 0 Å². The normalized spacial score (nSPS) is 15.6. The molecule has 4 rings (SSSR count). The van der Waals surface area contributed by atoms with Crippen molar-refractivity contribution in [3.8, 4) is 10.6 Å². The lowest BCUT2D eigenvalue weighted by atomic mass is 10.1. The van der Waals surface area contributed by atoms with Crippen molar-refractivity contribution in [2.24, 2.45) is 0 Å². The van der Waals surface area contributed by atoms with E-state index in [9.17, 15) is 9.59 Å². The van der Waals surface area contributed by atoms with E-state index in [0.29, 0.717) is 43.1 Å². The second-order valence-corrected chi connectivity index (χ2v) is 7.41. The molecule has 1 atom stereocenters. The lowest BCUT2D eigenvalue weighted by Crippen LogP contribution is -2.46. The van der Waals surface area contributed by atoms with Gasteiger partial charge in [0.2, 0.25) is 0 Å². The summed E-state index contributed by atoms with van der Waals surface area (Å²) in [6, 6.07) is 5.47. The van der Waals surface area contributed by atoms with Crippen molar-refractivity contribution in [2.45, 2.75) is 20.0 Å². The van der Waals surface area contributed by atoms with E-state index in [-0.39, 0.29) is 17.2 Å². The summed E-state index contributed by atoms with van der Waals surface area (Å²) in [5.74, 6) is -0.840. The minimum atomic E-state index is -0.904. The molecule has 0 spiro atoms. The Bertz CT molecular complexity index is 1010. The van der Waals surface area contributed by atoms with Crippen LogP contribution in [0.15, 0.2) is 28.1 Å². The number of fused-ring (bicyclic) bond motifs is 1. The van der Waals surface area contributed by atoms with Crippen LogP contribution >= 0.6 is 11.3 Å². The molecule has 0 radical (unpaired) electrons. The predicted molar refractivity (Wildman–Crippen MR) is 102 cm³/mol. The van der Waals surface area contributed by atoms with Gasteiger partial charge < -0.3 is 18.9 Å². The number of ether oxygens (including phenoxy) is 2. The molecule has 0 bridgehead atoms. The molecule has 0 N–H and O–H groups in total. The molecule has 1 aliphatic rings. The van der Waals surface area contributed by atoms with Gasteiger partial charge in [-0.25, -0.2) is 9.78 Å². The van der Waals surface area contributed by atoms with Gasteiger partial charge in [0.25, 0.3) is 11.6 Å². The molecule has 3 aromatic rings. The van der Waals surface area contributed by atoms with Gasteiger partial charge in [-0.1, -0.05) is 11.2 Å². The number of aryl methyl sites for hydroxylation is 1. The van der Waals surface area contributed by atoms with Gasteiger partial charge in [-0.15, -0.1) is 11.3 Å². The van der Waals surface area contributed by atoms with Crippen molar-refractivity contribution < 1.29 is 23.6 Å². The summed E-state index contributed by atoms with van der Waals surface area (Å²) in [5.41, 5.74) is 1.69. The third-order valence-corrected chi connectivity index (χ3v) is 5.46. The van der Waals surface area contributed by atoms with E-state index in [1.807, 2.05) is 17.5 Å². The van der Waals surface area contributed by atoms with Gasteiger partial charge in [-0.3, -0.25) is 4.79 Å². The number of pyridine rings is 1. The maximum Gasteiger partial charge on any atom is 0.339 e. The average Bonchev–Trinajstić information content (AvgIpc) is 3.37. The number of hydrogen-bond donors (Lipinski definition) is 0.